The van der Waals surface area contributed by atoms with Crippen LogP contribution in [0.25, 0.3) is 0 Å². The predicted molar refractivity (Wildman–Crippen MR) is 216 cm³/mol. The van der Waals surface area contributed by atoms with E-state index in [9.17, 15) is 29.1 Å². The van der Waals surface area contributed by atoms with Gasteiger partial charge in [-0.2, -0.15) is 0 Å². The monoisotopic (exact) mass is 789 g/mol. The van der Waals surface area contributed by atoms with Crippen molar-refractivity contribution in [3.05, 3.63) is 71.3 Å². The van der Waals surface area contributed by atoms with Gasteiger partial charge in [-0.3, -0.25) is 19.2 Å². The summed E-state index contributed by atoms with van der Waals surface area (Å²) in [6.07, 6.45) is 2.66. The highest BCUT2D eigenvalue weighted by molar-refractivity contribution is 6.74. The number of ketones is 1. The number of benzene rings is 2. The smallest absolute Gasteiger partial charge is 0.416 e. The van der Waals surface area contributed by atoms with E-state index in [1.54, 1.807) is 44.2 Å². The van der Waals surface area contributed by atoms with Crippen molar-refractivity contribution < 1.29 is 43.0 Å². The number of Topliss-reactive ketones (excluding diaryl/α,β-unsaturated/α-hetero) is 1. The lowest BCUT2D eigenvalue weighted by Gasteiger charge is -2.44. The fourth-order valence-electron chi connectivity index (χ4n) is 7.19. The largest absolute Gasteiger partial charge is 0.508 e. The number of phenolic OH excluding ortho intramolecular Hbond substituents is 1. The maximum atomic E-state index is 14.4. The molecular weight excluding hydrogens is 731 g/mol. The fraction of sp³-hybridized carbons (Fsp3) is 0.558. The maximum absolute atomic E-state index is 14.4. The quantitative estimate of drug-likeness (QED) is 0.115. The van der Waals surface area contributed by atoms with Crippen molar-refractivity contribution in [3.8, 4) is 5.75 Å². The van der Waals surface area contributed by atoms with Crippen LogP contribution >= 0.6 is 0 Å². The molecule has 2 heterocycles. The average molecular weight is 790 g/mol. The topological polar surface area (TPSA) is 152 Å². The van der Waals surface area contributed by atoms with Gasteiger partial charge in [0.2, 0.25) is 5.91 Å². The Morgan fingerprint density at radius 2 is 1.70 bits per heavy atom. The molecule has 0 bridgehead atoms. The zero-order valence-corrected chi connectivity index (χ0v) is 35.4. The van der Waals surface area contributed by atoms with Crippen molar-refractivity contribution in [2.45, 2.75) is 124 Å². The third kappa shape index (κ3) is 9.37. The second kappa shape index (κ2) is 16.5. The molecule has 2 fully saturated rings. The number of nitrogens with zero attached hydrogens (tertiary/aromatic N) is 2. The van der Waals surface area contributed by atoms with Crippen molar-refractivity contribution in [2.75, 3.05) is 18.1 Å². The van der Waals surface area contributed by atoms with Gasteiger partial charge < -0.3 is 29.2 Å². The number of nitrogens with one attached hydrogen (secondary N) is 1. The number of phenols is 1. The van der Waals surface area contributed by atoms with Crippen LogP contribution in [0.15, 0.2) is 49.1 Å². The maximum Gasteiger partial charge on any atom is 0.416 e. The minimum Gasteiger partial charge on any atom is -0.508 e. The van der Waals surface area contributed by atoms with Crippen LogP contribution in [-0.2, 0) is 41.3 Å². The number of ether oxygens (including phenoxy) is 2. The lowest BCUT2D eigenvalue weighted by molar-refractivity contribution is -0.146. The summed E-state index contributed by atoms with van der Waals surface area (Å²) in [5, 5.41) is 13.4. The molecule has 1 spiro atoms. The molecule has 56 heavy (non-hydrogen) atoms. The number of fused-ring (bicyclic) bond motifs is 2. The first-order chi connectivity index (χ1) is 26.2. The summed E-state index contributed by atoms with van der Waals surface area (Å²) < 4.78 is 18.1. The van der Waals surface area contributed by atoms with E-state index >= 15 is 0 Å². The number of carbonyl (C=O) groups is 5. The Bertz CT molecular complexity index is 1850. The van der Waals surface area contributed by atoms with Gasteiger partial charge in [-0.1, -0.05) is 71.5 Å². The van der Waals surface area contributed by atoms with Gasteiger partial charge in [0.05, 0.1) is 35.7 Å². The second-order valence-corrected chi connectivity index (χ2v) is 22.5. The molecule has 2 aliphatic heterocycles. The Kier molecular flexibility index (Phi) is 12.6. The van der Waals surface area contributed by atoms with Crippen molar-refractivity contribution in [3.63, 3.8) is 0 Å². The normalized spacial score (nSPS) is 19.8. The summed E-state index contributed by atoms with van der Waals surface area (Å²) in [4.78, 5) is 70.3. The third-order valence-corrected chi connectivity index (χ3v) is 16.5. The van der Waals surface area contributed by atoms with E-state index in [2.05, 4.69) is 45.8 Å². The van der Waals surface area contributed by atoms with Crippen molar-refractivity contribution in [1.82, 2.24) is 10.2 Å². The van der Waals surface area contributed by atoms with Crippen LogP contribution in [-0.4, -0.2) is 79.4 Å². The Balaban J connectivity index is 1.30. The number of esters is 1. The second-order valence-electron chi connectivity index (χ2n) is 17.8. The molecule has 3 amide bonds. The Morgan fingerprint density at radius 1 is 1.05 bits per heavy atom. The number of anilines is 1. The molecule has 0 radical (unpaired) electrons. The van der Waals surface area contributed by atoms with Crippen LogP contribution < -0.4 is 10.2 Å². The van der Waals surface area contributed by atoms with Gasteiger partial charge in [-0.15, -0.1) is 0 Å². The standard InChI is InChI=1S/C43H59N3O9Si/c1-11-18-53-37(49)21-31(26(2)3)38(50)44-28(5)36(48)20-29-12-14-30(15-13-29)24-54-41(52)46-33-22-35(47)27(4)19-32(33)39(51)45-25-43(16-17-43)23-34(45)40(46)55-56(9,10)42(6,7)8/h11-15,19,22,26,28,31,34,40,47H,1,16-18,20-21,23-25H2,2-10H3,(H,44,50)/t28-,31+,34-,40?/m0/s1. The number of rotatable bonds is 14. The first-order valence-electron chi connectivity index (χ1n) is 19.6. The first kappa shape index (κ1) is 42.6. The molecule has 1 saturated carbocycles. The molecule has 2 aromatic rings. The molecule has 2 N–H and O–H groups in total. The summed E-state index contributed by atoms with van der Waals surface area (Å²) in [5.74, 6) is -2.11. The van der Waals surface area contributed by atoms with Gasteiger partial charge in [0, 0.05) is 19.0 Å². The van der Waals surface area contributed by atoms with E-state index in [4.69, 9.17) is 13.9 Å². The number of aromatic hydroxyl groups is 1. The Hall–Kier alpha value is -4.49. The van der Waals surface area contributed by atoms with Crippen molar-refractivity contribution in [2.24, 2.45) is 17.3 Å². The van der Waals surface area contributed by atoms with E-state index in [1.807, 2.05) is 18.7 Å². The minimum atomic E-state index is -2.52. The SMILES string of the molecule is C=CCOC(=O)C[C@@H](C(=O)N[C@@H](C)C(=O)Cc1ccc(COC(=O)N2c3cc(O)c(C)cc3C(=O)N3CC4(CC4)C[C@H]3C2O[Si](C)(C)C(C)(C)C)cc1)C(C)C. The molecule has 0 aromatic heterocycles. The van der Waals surface area contributed by atoms with Crippen molar-refractivity contribution in [1.29, 1.82) is 0 Å². The molecule has 5 rings (SSSR count). The van der Waals surface area contributed by atoms with Crippen LogP contribution in [0.2, 0.25) is 18.1 Å². The molecular formula is C43H59N3O9Si. The van der Waals surface area contributed by atoms with Gasteiger partial charge in [-0.25, -0.2) is 9.69 Å². The fourth-order valence-corrected chi connectivity index (χ4v) is 8.41. The molecule has 1 saturated heterocycles. The lowest BCUT2D eigenvalue weighted by Crippen LogP contribution is -2.58. The van der Waals surface area contributed by atoms with E-state index in [0.29, 0.717) is 35.2 Å². The van der Waals surface area contributed by atoms with Gasteiger partial charge in [0.15, 0.2) is 20.3 Å². The van der Waals surface area contributed by atoms with Crippen LogP contribution in [0.4, 0.5) is 10.5 Å². The molecule has 2 aromatic carbocycles. The number of hydrogen-bond donors (Lipinski definition) is 2. The lowest BCUT2D eigenvalue weighted by atomic mass is 9.91. The number of amides is 3. The highest BCUT2D eigenvalue weighted by Crippen LogP contribution is 2.57. The predicted octanol–water partition coefficient (Wildman–Crippen LogP) is 7.21. The van der Waals surface area contributed by atoms with E-state index < -0.39 is 38.6 Å². The van der Waals surface area contributed by atoms with Gasteiger partial charge in [0.25, 0.3) is 5.91 Å². The first-order valence-corrected chi connectivity index (χ1v) is 22.5. The van der Waals surface area contributed by atoms with E-state index in [-0.39, 0.29) is 77.5 Å². The highest BCUT2D eigenvalue weighted by Gasteiger charge is 2.59. The number of carbonyl (C=O) groups excluding carboxylic acids is 5. The molecule has 13 heteroatoms. The summed E-state index contributed by atoms with van der Waals surface area (Å²) in [6.45, 7) is 21.8. The Morgan fingerprint density at radius 3 is 2.29 bits per heavy atom. The highest BCUT2D eigenvalue weighted by atomic mass is 28.4. The van der Waals surface area contributed by atoms with Crippen molar-refractivity contribution >= 4 is 43.7 Å². The molecule has 3 aliphatic rings. The minimum absolute atomic E-state index is 0.0263. The number of aryl methyl sites for hydroxylation is 1. The molecule has 12 nitrogen and oxygen atoms in total. The van der Waals surface area contributed by atoms with E-state index in [0.717, 1.165) is 12.8 Å². The van der Waals surface area contributed by atoms with Gasteiger partial charge in [-0.05, 0) is 85.3 Å². The van der Waals surface area contributed by atoms with E-state index in [1.165, 1.54) is 17.0 Å². The summed E-state index contributed by atoms with van der Waals surface area (Å²) in [6, 6.07) is 9.04. The summed E-state index contributed by atoms with van der Waals surface area (Å²) in [7, 11) is -2.52. The zero-order chi connectivity index (χ0) is 41.3. The third-order valence-electron chi connectivity index (χ3n) is 12.1. The molecule has 4 atom stereocenters. The van der Waals surface area contributed by atoms with Crippen LogP contribution in [0.3, 0.4) is 0 Å². The van der Waals surface area contributed by atoms with Crippen LogP contribution in [0, 0.1) is 24.2 Å². The van der Waals surface area contributed by atoms with Gasteiger partial charge >= 0.3 is 12.1 Å². The average Bonchev–Trinajstić information content (AvgIpc) is 3.79. The summed E-state index contributed by atoms with van der Waals surface area (Å²) >= 11 is 0. The molecule has 1 aliphatic carbocycles. The summed E-state index contributed by atoms with van der Waals surface area (Å²) in [5.41, 5.74) is 2.53. The zero-order valence-electron chi connectivity index (χ0n) is 34.4. The van der Waals surface area contributed by atoms with Crippen LogP contribution in [0.5, 0.6) is 5.75 Å². The van der Waals surface area contributed by atoms with Gasteiger partial charge in [0.1, 0.15) is 19.0 Å². The Labute approximate surface area is 332 Å². The molecule has 1 unspecified atom stereocenters. The molecule has 304 valence electrons. The number of hydrogen-bond acceptors (Lipinski definition) is 9. The van der Waals surface area contributed by atoms with Crippen LogP contribution in [0.1, 0.15) is 94.3 Å².